The highest BCUT2D eigenvalue weighted by Gasteiger charge is 2.20. The molecule has 0 aliphatic carbocycles. The third-order valence-corrected chi connectivity index (χ3v) is 2.39. The molecule has 0 aromatic rings. The van der Waals surface area contributed by atoms with Gasteiger partial charge in [-0.3, -0.25) is 9.59 Å². The minimum absolute atomic E-state index is 0.0273. The maximum absolute atomic E-state index is 11.7. The molecule has 1 fully saturated rings. The SMILES string of the molecule is CC(C)(C)NCCC(=O)N1CCNC(=O)C1. The second-order valence-corrected chi connectivity index (χ2v) is 5.09. The molecule has 0 radical (unpaired) electrons. The average Bonchev–Trinajstić information content (AvgIpc) is 2.15. The van der Waals surface area contributed by atoms with Crippen LogP contribution in [0.2, 0.25) is 0 Å². The Labute approximate surface area is 96.6 Å². The molecule has 1 heterocycles. The summed E-state index contributed by atoms with van der Waals surface area (Å²) in [5, 5.41) is 5.95. The van der Waals surface area contributed by atoms with Gasteiger partial charge in [0, 0.05) is 31.6 Å². The summed E-state index contributed by atoms with van der Waals surface area (Å²) in [6, 6.07) is 0. The van der Waals surface area contributed by atoms with Gasteiger partial charge in [-0.1, -0.05) is 0 Å². The van der Waals surface area contributed by atoms with Crippen LogP contribution in [0.25, 0.3) is 0 Å². The summed E-state index contributed by atoms with van der Waals surface area (Å²) in [7, 11) is 0. The van der Waals surface area contributed by atoms with Crippen LogP contribution in [0.4, 0.5) is 0 Å². The number of nitrogens with zero attached hydrogens (tertiary/aromatic N) is 1. The van der Waals surface area contributed by atoms with Crippen molar-refractivity contribution < 1.29 is 9.59 Å². The van der Waals surface area contributed by atoms with Gasteiger partial charge < -0.3 is 15.5 Å². The molecule has 0 unspecified atom stereocenters. The van der Waals surface area contributed by atoms with Crippen LogP contribution in [0.1, 0.15) is 27.2 Å². The van der Waals surface area contributed by atoms with E-state index >= 15 is 0 Å². The molecule has 1 rings (SSSR count). The smallest absolute Gasteiger partial charge is 0.239 e. The fourth-order valence-electron chi connectivity index (χ4n) is 1.55. The van der Waals surface area contributed by atoms with Gasteiger partial charge in [0.2, 0.25) is 11.8 Å². The minimum atomic E-state index is -0.0663. The monoisotopic (exact) mass is 227 g/mol. The number of amides is 2. The maximum Gasteiger partial charge on any atom is 0.239 e. The van der Waals surface area contributed by atoms with E-state index in [-0.39, 0.29) is 23.9 Å². The fourth-order valence-corrected chi connectivity index (χ4v) is 1.55. The van der Waals surface area contributed by atoms with E-state index in [0.29, 0.717) is 26.1 Å². The summed E-state index contributed by atoms with van der Waals surface area (Å²) < 4.78 is 0. The predicted molar refractivity (Wildman–Crippen MR) is 62.0 cm³/mol. The Balaban J connectivity index is 2.27. The Hall–Kier alpha value is -1.10. The highest BCUT2D eigenvalue weighted by molar-refractivity contribution is 5.85. The summed E-state index contributed by atoms with van der Waals surface area (Å²) >= 11 is 0. The van der Waals surface area contributed by atoms with Crippen molar-refractivity contribution in [2.75, 3.05) is 26.2 Å². The lowest BCUT2D eigenvalue weighted by Crippen LogP contribution is -2.50. The van der Waals surface area contributed by atoms with Gasteiger partial charge >= 0.3 is 0 Å². The molecule has 1 saturated heterocycles. The van der Waals surface area contributed by atoms with Crippen molar-refractivity contribution in [3.05, 3.63) is 0 Å². The van der Waals surface area contributed by atoms with Gasteiger partial charge in [0.05, 0.1) is 6.54 Å². The van der Waals surface area contributed by atoms with Gasteiger partial charge in [0.25, 0.3) is 0 Å². The Morgan fingerprint density at radius 2 is 2.19 bits per heavy atom. The maximum atomic E-state index is 11.7. The number of hydrogen-bond acceptors (Lipinski definition) is 3. The van der Waals surface area contributed by atoms with E-state index in [9.17, 15) is 9.59 Å². The zero-order chi connectivity index (χ0) is 12.2. The van der Waals surface area contributed by atoms with Gasteiger partial charge in [0.15, 0.2) is 0 Å². The van der Waals surface area contributed by atoms with E-state index in [4.69, 9.17) is 0 Å². The molecular weight excluding hydrogens is 206 g/mol. The summed E-state index contributed by atoms with van der Waals surface area (Å²) in [5.41, 5.74) is 0.0273. The molecule has 0 aromatic heterocycles. The molecule has 92 valence electrons. The molecular formula is C11H21N3O2. The Bertz CT molecular complexity index is 271. The topological polar surface area (TPSA) is 61.4 Å². The number of rotatable bonds is 3. The lowest BCUT2D eigenvalue weighted by Gasteiger charge is -2.27. The quantitative estimate of drug-likeness (QED) is 0.697. The first-order valence-electron chi connectivity index (χ1n) is 5.68. The highest BCUT2D eigenvalue weighted by atomic mass is 16.2. The lowest BCUT2D eigenvalue weighted by molar-refractivity contribution is -0.138. The first kappa shape index (κ1) is 13.0. The first-order chi connectivity index (χ1) is 7.38. The Morgan fingerprint density at radius 3 is 2.75 bits per heavy atom. The molecule has 5 heteroatoms. The summed E-state index contributed by atoms with van der Waals surface area (Å²) in [5.74, 6) is -0.0185. The highest BCUT2D eigenvalue weighted by Crippen LogP contribution is 2.01. The van der Waals surface area contributed by atoms with Crippen LogP contribution >= 0.6 is 0 Å². The molecule has 0 atom stereocenters. The van der Waals surface area contributed by atoms with Gasteiger partial charge in [-0.15, -0.1) is 0 Å². The van der Waals surface area contributed by atoms with Crippen LogP contribution in [0.5, 0.6) is 0 Å². The van der Waals surface area contributed by atoms with Crippen LogP contribution in [-0.2, 0) is 9.59 Å². The molecule has 2 N–H and O–H groups in total. The third-order valence-electron chi connectivity index (χ3n) is 2.39. The second kappa shape index (κ2) is 5.30. The zero-order valence-electron chi connectivity index (χ0n) is 10.3. The number of piperazine rings is 1. The minimum Gasteiger partial charge on any atom is -0.353 e. The van der Waals surface area contributed by atoms with E-state index in [1.54, 1.807) is 4.90 Å². The Kier molecular flexibility index (Phi) is 4.29. The first-order valence-corrected chi connectivity index (χ1v) is 5.68. The summed E-state index contributed by atoms with van der Waals surface area (Å²) in [6.07, 6.45) is 0.449. The molecule has 1 aliphatic heterocycles. The van der Waals surface area contributed by atoms with Gasteiger partial charge in [-0.05, 0) is 20.8 Å². The fraction of sp³-hybridized carbons (Fsp3) is 0.818. The normalized spacial score (nSPS) is 17.2. The number of carbonyl (C=O) groups is 2. The molecule has 0 aromatic carbocycles. The molecule has 1 aliphatic rings. The van der Waals surface area contributed by atoms with E-state index in [1.165, 1.54) is 0 Å². The second-order valence-electron chi connectivity index (χ2n) is 5.09. The van der Waals surface area contributed by atoms with Crippen molar-refractivity contribution >= 4 is 11.8 Å². The molecule has 16 heavy (non-hydrogen) atoms. The molecule has 0 spiro atoms. The van der Waals surface area contributed by atoms with Crippen molar-refractivity contribution in [3.8, 4) is 0 Å². The van der Waals surface area contributed by atoms with Gasteiger partial charge in [-0.2, -0.15) is 0 Å². The van der Waals surface area contributed by atoms with E-state index in [0.717, 1.165) is 0 Å². The number of hydrogen-bond donors (Lipinski definition) is 2. The summed E-state index contributed by atoms with van der Waals surface area (Å²) in [6.45, 7) is 8.23. The average molecular weight is 227 g/mol. The van der Waals surface area contributed by atoms with Crippen LogP contribution in [0.3, 0.4) is 0 Å². The zero-order valence-corrected chi connectivity index (χ0v) is 10.3. The number of nitrogens with one attached hydrogen (secondary N) is 2. The van der Waals surface area contributed by atoms with Gasteiger partial charge in [-0.25, -0.2) is 0 Å². The predicted octanol–water partition coefficient (Wildman–Crippen LogP) is -0.277. The summed E-state index contributed by atoms with van der Waals surface area (Å²) in [4.78, 5) is 24.4. The third kappa shape index (κ3) is 4.61. The van der Waals surface area contributed by atoms with Crippen molar-refractivity contribution in [1.29, 1.82) is 0 Å². The number of carbonyl (C=O) groups excluding carboxylic acids is 2. The van der Waals surface area contributed by atoms with Gasteiger partial charge in [0.1, 0.15) is 0 Å². The van der Waals surface area contributed by atoms with Crippen LogP contribution in [0, 0.1) is 0 Å². The molecule has 2 amide bonds. The lowest BCUT2D eigenvalue weighted by atomic mass is 10.1. The van der Waals surface area contributed by atoms with E-state index < -0.39 is 0 Å². The van der Waals surface area contributed by atoms with Crippen LogP contribution < -0.4 is 10.6 Å². The molecule has 5 nitrogen and oxygen atoms in total. The van der Waals surface area contributed by atoms with Crippen molar-refractivity contribution in [1.82, 2.24) is 15.5 Å². The van der Waals surface area contributed by atoms with Crippen molar-refractivity contribution in [3.63, 3.8) is 0 Å². The van der Waals surface area contributed by atoms with E-state index in [2.05, 4.69) is 31.4 Å². The molecule has 0 bridgehead atoms. The standard InChI is InChI=1S/C11H21N3O2/c1-11(2,3)13-5-4-10(16)14-7-6-12-9(15)8-14/h13H,4-8H2,1-3H3,(H,12,15). The van der Waals surface area contributed by atoms with Crippen LogP contribution in [0.15, 0.2) is 0 Å². The van der Waals surface area contributed by atoms with Crippen molar-refractivity contribution in [2.45, 2.75) is 32.7 Å². The molecule has 0 saturated carbocycles. The Morgan fingerprint density at radius 1 is 1.50 bits per heavy atom. The largest absolute Gasteiger partial charge is 0.353 e. The van der Waals surface area contributed by atoms with E-state index in [1.807, 2.05) is 0 Å². The van der Waals surface area contributed by atoms with Crippen LogP contribution in [-0.4, -0.2) is 48.4 Å². The van der Waals surface area contributed by atoms with Crippen molar-refractivity contribution in [2.24, 2.45) is 0 Å².